The van der Waals surface area contributed by atoms with Crippen molar-refractivity contribution in [1.29, 1.82) is 0 Å². The van der Waals surface area contributed by atoms with Gasteiger partial charge in [-0.25, -0.2) is 4.68 Å². The third-order valence-electron chi connectivity index (χ3n) is 3.82. The predicted octanol–water partition coefficient (Wildman–Crippen LogP) is 2.05. The molecule has 0 fully saturated rings. The van der Waals surface area contributed by atoms with Gasteiger partial charge < -0.3 is 10.4 Å². The molecule has 0 radical (unpaired) electrons. The highest BCUT2D eigenvalue weighted by atomic mass is 16.3. The topological polar surface area (TPSA) is 95.8 Å². The lowest BCUT2D eigenvalue weighted by Gasteiger charge is -2.27. The molecule has 2 rings (SSSR count). The molecule has 0 aliphatic heterocycles. The Kier molecular flexibility index (Phi) is 5.54. The standard InChI is InChI=1S/C16H25N5O2/c1-4-7-16(23,8-5-2)11-17-15-19-13-12(14(22)20-15)10-18-21(13)9-6-3/h6,10,23H,3-5,7-9,11H2,1-2H3,(H2,17,19,20,22). The summed E-state index contributed by atoms with van der Waals surface area (Å²) in [6, 6.07) is 0. The molecule has 0 aromatic carbocycles. The van der Waals surface area contributed by atoms with Crippen molar-refractivity contribution in [3.63, 3.8) is 0 Å². The lowest BCUT2D eigenvalue weighted by Crippen LogP contribution is -2.37. The summed E-state index contributed by atoms with van der Waals surface area (Å²) in [5.41, 5.74) is -0.536. The summed E-state index contributed by atoms with van der Waals surface area (Å²) < 4.78 is 1.62. The first-order valence-electron chi connectivity index (χ1n) is 8.06. The molecule has 7 nitrogen and oxygen atoms in total. The van der Waals surface area contributed by atoms with Gasteiger partial charge in [-0.1, -0.05) is 32.8 Å². The Bertz CT molecular complexity index is 713. The number of hydrogen-bond acceptors (Lipinski definition) is 5. The van der Waals surface area contributed by atoms with Crippen LogP contribution in [-0.4, -0.2) is 37.0 Å². The molecule has 2 aromatic rings. The van der Waals surface area contributed by atoms with Crippen LogP contribution in [0.25, 0.3) is 11.0 Å². The van der Waals surface area contributed by atoms with Gasteiger partial charge in [-0.2, -0.15) is 10.1 Å². The molecule has 23 heavy (non-hydrogen) atoms. The van der Waals surface area contributed by atoms with Crippen LogP contribution in [0.2, 0.25) is 0 Å². The number of aliphatic hydroxyl groups is 1. The van der Waals surface area contributed by atoms with E-state index in [0.29, 0.717) is 42.9 Å². The molecule has 0 bridgehead atoms. The van der Waals surface area contributed by atoms with Gasteiger partial charge in [-0.3, -0.25) is 9.78 Å². The van der Waals surface area contributed by atoms with Crippen LogP contribution < -0.4 is 10.9 Å². The molecule has 0 aliphatic rings. The van der Waals surface area contributed by atoms with E-state index < -0.39 is 5.60 Å². The van der Waals surface area contributed by atoms with Crippen molar-refractivity contribution in [3.05, 3.63) is 29.2 Å². The maximum atomic E-state index is 12.1. The summed E-state index contributed by atoms with van der Waals surface area (Å²) in [6.45, 7) is 8.59. The lowest BCUT2D eigenvalue weighted by molar-refractivity contribution is 0.0342. The Morgan fingerprint density at radius 1 is 1.43 bits per heavy atom. The van der Waals surface area contributed by atoms with E-state index in [1.54, 1.807) is 10.8 Å². The van der Waals surface area contributed by atoms with Crippen molar-refractivity contribution in [3.8, 4) is 0 Å². The Morgan fingerprint density at radius 3 is 2.74 bits per heavy atom. The molecule has 126 valence electrons. The summed E-state index contributed by atoms with van der Waals surface area (Å²) in [4.78, 5) is 19.2. The van der Waals surface area contributed by atoms with Crippen molar-refractivity contribution < 1.29 is 5.11 Å². The van der Waals surface area contributed by atoms with Gasteiger partial charge in [-0.05, 0) is 12.8 Å². The molecule has 0 atom stereocenters. The van der Waals surface area contributed by atoms with Crippen LogP contribution in [0.3, 0.4) is 0 Å². The van der Waals surface area contributed by atoms with E-state index in [0.717, 1.165) is 12.8 Å². The number of H-pyrrole nitrogens is 1. The minimum atomic E-state index is -0.793. The summed E-state index contributed by atoms with van der Waals surface area (Å²) in [5.74, 6) is 0.346. The van der Waals surface area contributed by atoms with Crippen LogP contribution in [-0.2, 0) is 6.54 Å². The highest BCUT2D eigenvalue weighted by Crippen LogP contribution is 2.20. The second kappa shape index (κ2) is 7.41. The van der Waals surface area contributed by atoms with Crippen molar-refractivity contribution in [2.45, 2.75) is 51.7 Å². The SMILES string of the molecule is C=CCn1ncc2c(=O)[nH]c(NCC(O)(CCC)CCC)nc21. The van der Waals surface area contributed by atoms with E-state index >= 15 is 0 Å². The highest BCUT2D eigenvalue weighted by molar-refractivity contribution is 5.74. The molecule has 0 spiro atoms. The first-order chi connectivity index (χ1) is 11.0. The Labute approximate surface area is 135 Å². The molecule has 0 aliphatic carbocycles. The molecular weight excluding hydrogens is 294 g/mol. The number of rotatable bonds is 9. The maximum Gasteiger partial charge on any atom is 0.263 e. The number of hydrogen-bond donors (Lipinski definition) is 3. The van der Waals surface area contributed by atoms with Crippen LogP contribution in [0, 0.1) is 0 Å². The zero-order valence-electron chi connectivity index (χ0n) is 13.8. The second-order valence-electron chi connectivity index (χ2n) is 5.85. The van der Waals surface area contributed by atoms with E-state index in [-0.39, 0.29) is 5.56 Å². The van der Waals surface area contributed by atoms with Gasteiger partial charge in [-0.15, -0.1) is 6.58 Å². The lowest BCUT2D eigenvalue weighted by atomic mass is 9.93. The normalized spacial score (nSPS) is 11.8. The van der Waals surface area contributed by atoms with Gasteiger partial charge in [0, 0.05) is 6.54 Å². The molecule has 2 aromatic heterocycles. The fourth-order valence-electron chi connectivity index (χ4n) is 2.79. The maximum absolute atomic E-state index is 12.1. The largest absolute Gasteiger partial charge is 0.388 e. The Hall–Kier alpha value is -2.15. The van der Waals surface area contributed by atoms with Gasteiger partial charge in [0.15, 0.2) is 5.65 Å². The smallest absolute Gasteiger partial charge is 0.263 e. The number of anilines is 1. The van der Waals surface area contributed by atoms with Crippen molar-refractivity contribution in [1.82, 2.24) is 19.7 Å². The summed E-state index contributed by atoms with van der Waals surface area (Å²) in [5, 5.41) is 18.3. The summed E-state index contributed by atoms with van der Waals surface area (Å²) >= 11 is 0. The van der Waals surface area contributed by atoms with Crippen LogP contribution in [0.4, 0.5) is 5.95 Å². The Morgan fingerprint density at radius 2 is 2.13 bits per heavy atom. The predicted molar refractivity (Wildman–Crippen MR) is 91.6 cm³/mol. The fourth-order valence-corrected chi connectivity index (χ4v) is 2.79. The molecule has 7 heteroatoms. The average Bonchev–Trinajstić information content (AvgIpc) is 2.90. The third-order valence-corrected chi connectivity index (χ3v) is 3.82. The molecular formula is C16H25N5O2. The Balaban J connectivity index is 2.24. The third kappa shape index (κ3) is 3.98. The molecule has 0 saturated heterocycles. The van der Waals surface area contributed by atoms with Crippen molar-refractivity contribution in [2.75, 3.05) is 11.9 Å². The minimum absolute atomic E-state index is 0.248. The first kappa shape index (κ1) is 17.2. The van der Waals surface area contributed by atoms with Crippen LogP contribution in [0.1, 0.15) is 39.5 Å². The van der Waals surface area contributed by atoms with Crippen molar-refractivity contribution >= 4 is 17.0 Å². The molecule has 3 N–H and O–H groups in total. The van der Waals surface area contributed by atoms with Crippen LogP contribution in [0.5, 0.6) is 0 Å². The molecule has 0 amide bonds. The van der Waals surface area contributed by atoms with E-state index in [2.05, 4.69) is 27.0 Å². The van der Waals surface area contributed by atoms with E-state index in [1.807, 2.05) is 13.8 Å². The van der Waals surface area contributed by atoms with Gasteiger partial charge in [0.2, 0.25) is 5.95 Å². The summed E-state index contributed by atoms with van der Waals surface area (Å²) in [7, 11) is 0. The van der Waals surface area contributed by atoms with Crippen molar-refractivity contribution in [2.24, 2.45) is 0 Å². The zero-order valence-corrected chi connectivity index (χ0v) is 13.8. The van der Waals surface area contributed by atoms with Gasteiger partial charge in [0.1, 0.15) is 5.39 Å². The number of aromatic nitrogens is 4. The summed E-state index contributed by atoms with van der Waals surface area (Å²) in [6.07, 6.45) is 6.40. The van der Waals surface area contributed by atoms with Crippen LogP contribution >= 0.6 is 0 Å². The second-order valence-corrected chi connectivity index (χ2v) is 5.85. The molecule has 0 saturated carbocycles. The van der Waals surface area contributed by atoms with E-state index in [9.17, 15) is 9.90 Å². The highest BCUT2D eigenvalue weighted by Gasteiger charge is 2.25. The number of allylic oxidation sites excluding steroid dienone is 1. The van der Waals surface area contributed by atoms with Crippen LogP contribution in [0.15, 0.2) is 23.6 Å². The van der Waals surface area contributed by atoms with Gasteiger partial charge in [0.05, 0.1) is 18.3 Å². The molecule has 0 unspecified atom stereocenters. The first-order valence-corrected chi connectivity index (χ1v) is 8.06. The van der Waals surface area contributed by atoms with E-state index in [4.69, 9.17) is 0 Å². The van der Waals surface area contributed by atoms with Gasteiger partial charge >= 0.3 is 0 Å². The monoisotopic (exact) mass is 319 g/mol. The minimum Gasteiger partial charge on any atom is -0.388 e. The number of fused-ring (bicyclic) bond motifs is 1. The molecule has 2 heterocycles. The average molecular weight is 319 g/mol. The number of nitrogens with one attached hydrogen (secondary N) is 2. The number of aromatic amines is 1. The van der Waals surface area contributed by atoms with Gasteiger partial charge in [0.25, 0.3) is 5.56 Å². The quantitative estimate of drug-likeness (QED) is 0.615. The number of nitrogens with zero attached hydrogens (tertiary/aromatic N) is 3. The zero-order chi connectivity index (χ0) is 16.9. The fraction of sp³-hybridized carbons (Fsp3) is 0.562. The van der Waals surface area contributed by atoms with E-state index in [1.165, 1.54) is 6.20 Å².